The van der Waals surface area contributed by atoms with Crippen LogP contribution in [0.5, 0.6) is 0 Å². The van der Waals surface area contributed by atoms with Crippen LogP contribution in [-0.4, -0.2) is 7.11 Å². The fourth-order valence-electron chi connectivity index (χ4n) is 1.69. The Morgan fingerprint density at radius 3 is 2.75 bits per heavy atom. The summed E-state index contributed by atoms with van der Waals surface area (Å²) in [7, 11) is 1.64. The number of ether oxygens (including phenoxy) is 1. The minimum absolute atomic E-state index is 1.000. The van der Waals surface area contributed by atoms with Crippen molar-refractivity contribution in [1.82, 2.24) is 0 Å². The summed E-state index contributed by atoms with van der Waals surface area (Å²) in [5, 5.41) is 3.48. The van der Waals surface area contributed by atoms with E-state index in [-0.39, 0.29) is 0 Å². The first kappa shape index (κ1) is 15.8. The van der Waals surface area contributed by atoms with Crippen LogP contribution in [0.4, 0.5) is 5.69 Å². The number of para-hydroxylation sites is 1. The lowest BCUT2D eigenvalue weighted by atomic mass is 10.1. The van der Waals surface area contributed by atoms with Crippen molar-refractivity contribution in [1.29, 1.82) is 0 Å². The van der Waals surface area contributed by atoms with Crippen LogP contribution in [0.3, 0.4) is 0 Å². The molecular weight excluding hydrogens is 246 g/mol. The summed E-state index contributed by atoms with van der Waals surface area (Å²) in [5.41, 5.74) is 4.54. The largest absolute Gasteiger partial charge is 0.504 e. The fraction of sp³-hybridized carbons (Fsp3) is 0.222. The summed E-state index contributed by atoms with van der Waals surface area (Å²) in [6.45, 7) is 7.99. The van der Waals surface area contributed by atoms with Crippen molar-refractivity contribution < 1.29 is 4.74 Å². The lowest BCUT2D eigenvalue weighted by Gasteiger charge is -2.13. The molecule has 2 nitrogen and oxygen atoms in total. The molecule has 20 heavy (non-hydrogen) atoms. The Balaban J connectivity index is 3.08. The van der Waals surface area contributed by atoms with Crippen LogP contribution >= 0.6 is 0 Å². The number of anilines is 1. The normalized spacial score (nSPS) is 12.6. The van der Waals surface area contributed by atoms with Crippen molar-refractivity contribution in [3.8, 4) is 0 Å². The van der Waals surface area contributed by atoms with E-state index in [0.29, 0.717) is 0 Å². The van der Waals surface area contributed by atoms with E-state index in [9.17, 15) is 0 Å². The second kappa shape index (κ2) is 8.81. The fourth-order valence-corrected chi connectivity index (χ4v) is 1.69. The molecular formula is C18H23NO. The third kappa shape index (κ3) is 4.81. The van der Waals surface area contributed by atoms with E-state index in [1.54, 1.807) is 19.4 Å². The second-order valence-electron chi connectivity index (χ2n) is 4.39. The molecule has 0 aromatic heterocycles. The number of benzene rings is 1. The van der Waals surface area contributed by atoms with E-state index in [0.717, 1.165) is 23.4 Å². The minimum atomic E-state index is 1.000. The molecule has 2 heteroatoms. The number of rotatable bonds is 7. The van der Waals surface area contributed by atoms with Crippen LogP contribution < -0.4 is 5.32 Å². The molecule has 106 valence electrons. The third-order valence-electron chi connectivity index (χ3n) is 3.00. The van der Waals surface area contributed by atoms with Gasteiger partial charge in [0.05, 0.1) is 13.4 Å². The molecule has 0 atom stereocenters. The van der Waals surface area contributed by atoms with Gasteiger partial charge in [0.25, 0.3) is 0 Å². The van der Waals surface area contributed by atoms with Crippen LogP contribution in [-0.2, 0) is 4.74 Å². The maximum Gasteiger partial charge on any atom is 0.0831 e. The molecule has 1 rings (SSSR count). The van der Waals surface area contributed by atoms with E-state index in [1.165, 1.54) is 5.57 Å². The monoisotopic (exact) mass is 269 g/mol. The Kier molecular flexibility index (Phi) is 6.97. The van der Waals surface area contributed by atoms with Gasteiger partial charge >= 0.3 is 0 Å². The Bertz CT molecular complexity index is 524. The van der Waals surface area contributed by atoms with E-state index in [2.05, 4.69) is 31.8 Å². The molecule has 0 saturated carbocycles. The first-order valence-corrected chi connectivity index (χ1v) is 6.77. The summed E-state index contributed by atoms with van der Waals surface area (Å²) >= 11 is 0. The molecule has 1 aromatic carbocycles. The molecule has 0 aliphatic heterocycles. The van der Waals surface area contributed by atoms with Crippen LogP contribution in [0.2, 0.25) is 0 Å². The number of allylic oxidation sites excluding steroid dienone is 4. The van der Waals surface area contributed by atoms with Crippen LogP contribution in [0, 0.1) is 0 Å². The third-order valence-corrected chi connectivity index (χ3v) is 3.00. The summed E-state index contributed by atoms with van der Waals surface area (Å²) in [6, 6.07) is 8.13. The van der Waals surface area contributed by atoms with E-state index in [4.69, 9.17) is 4.74 Å². The Hall–Kier alpha value is -2.22. The predicted molar refractivity (Wildman–Crippen MR) is 88.4 cm³/mol. The highest BCUT2D eigenvalue weighted by molar-refractivity contribution is 5.68. The van der Waals surface area contributed by atoms with Gasteiger partial charge in [-0.15, -0.1) is 0 Å². The zero-order valence-electron chi connectivity index (χ0n) is 12.5. The topological polar surface area (TPSA) is 21.3 Å². The molecule has 1 aromatic rings. The van der Waals surface area contributed by atoms with Crippen LogP contribution in [0.25, 0.3) is 6.08 Å². The van der Waals surface area contributed by atoms with Crippen molar-refractivity contribution in [2.75, 3.05) is 12.4 Å². The van der Waals surface area contributed by atoms with Crippen LogP contribution in [0.15, 0.2) is 66.6 Å². The summed E-state index contributed by atoms with van der Waals surface area (Å²) < 4.78 is 4.99. The molecule has 0 bridgehead atoms. The average molecular weight is 269 g/mol. The molecule has 0 radical (unpaired) electrons. The number of methoxy groups -OCH3 is 1. The van der Waals surface area contributed by atoms with Crippen molar-refractivity contribution in [3.05, 3.63) is 72.2 Å². The van der Waals surface area contributed by atoms with Gasteiger partial charge in [0.2, 0.25) is 0 Å². The predicted octanol–water partition coefficient (Wildman–Crippen LogP) is 5.14. The van der Waals surface area contributed by atoms with Gasteiger partial charge in [0.1, 0.15) is 0 Å². The minimum Gasteiger partial charge on any atom is -0.504 e. The molecule has 1 N–H and O–H groups in total. The summed E-state index contributed by atoms with van der Waals surface area (Å²) in [6.07, 6.45) is 10.4. The van der Waals surface area contributed by atoms with Gasteiger partial charge < -0.3 is 10.1 Å². The zero-order valence-corrected chi connectivity index (χ0v) is 12.5. The first-order chi connectivity index (χ1) is 9.72. The van der Waals surface area contributed by atoms with Gasteiger partial charge in [-0.2, -0.15) is 0 Å². The molecule has 0 fully saturated rings. The lowest BCUT2D eigenvalue weighted by Crippen LogP contribution is -2.01. The molecule has 0 amide bonds. The maximum absolute atomic E-state index is 4.99. The van der Waals surface area contributed by atoms with Gasteiger partial charge in [0.15, 0.2) is 0 Å². The number of nitrogens with one attached hydrogen (secondary N) is 1. The quantitative estimate of drug-likeness (QED) is 0.546. The maximum atomic E-state index is 4.99. The smallest absolute Gasteiger partial charge is 0.0831 e. The standard InChI is InChI=1S/C18H23NO/c1-5-7-11-17(15(3)6-2)19-18-12-9-8-10-16(18)13-14-20-4/h5,7-14,19H,1,6H2,2-4H3/b11-7-,14-13+,17-15+. The SMILES string of the molecule is C=C/C=C\C(Nc1ccccc1/C=C/OC)=C(\C)CC. The lowest BCUT2D eigenvalue weighted by molar-refractivity contribution is 0.341. The molecule has 0 aliphatic carbocycles. The first-order valence-electron chi connectivity index (χ1n) is 6.77. The summed E-state index contributed by atoms with van der Waals surface area (Å²) in [5.74, 6) is 0. The van der Waals surface area contributed by atoms with Gasteiger partial charge in [-0.3, -0.25) is 0 Å². The summed E-state index contributed by atoms with van der Waals surface area (Å²) in [4.78, 5) is 0. The number of hydrogen-bond acceptors (Lipinski definition) is 2. The Morgan fingerprint density at radius 2 is 2.10 bits per heavy atom. The van der Waals surface area contributed by atoms with Crippen molar-refractivity contribution in [2.45, 2.75) is 20.3 Å². The molecule has 0 spiro atoms. The Labute approximate surface area is 122 Å². The van der Waals surface area contributed by atoms with Gasteiger partial charge in [-0.25, -0.2) is 0 Å². The van der Waals surface area contributed by atoms with E-state index < -0.39 is 0 Å². The molecule has 0 heterocycles. The van der Waals surface area contributed by atoms with E-state index in [1.807, 2.05) is 36.4 Å². The average Bonchev–Trinajstić information content (AvgIpc) is 2.49. The van der Waals surface area contributed by atoms with Gasteiger partial charge in [-0.1, -0.05) is 49.4 Å². The number of hydrogen-bond donors (Lipinski definition) is 1. The zero-order chi connectivity index (χ0) is 14.8. The highest BCUT2D eigenvalue weighted by Gasteiger charge is 2.02. The van der Waals surface area contributed by atoms with Crippen LogP contribution in [0.1, 0.15) is 25.8 Å². The van der Waals surface area contributed by atoms with Crippen molar-refractivity contribution in [2.24, 2.45) is 0 Å². The van der Waals surface area contributed by atoms with Gasteiger partial charge in [-0.05, 0) is 31.6 Å². The molecule has 0 unspecified atom stereocenters. The highest BCUT2D eigenvalue weighted by Crippen LogP contribution is 2.21. The van der Waals surface area contributed by atoms with E-state index >= 15 is 0 Å². The molecule has 0 aliphatic rings. The van der Waals surface area contributed by atoms with Crippen molar-refractivity contribution >= 4 is 11.8 Å². The van der Waals surface area contributed by atoms with Gasteiger partial charge in [0, 0.05) is 16.9 Å². The molecule has 0 saturated heterocycles. The Morgan fingerprint density at radius 1 is 1.35 bits per heavy atom. The second-order valence-corrected chi connectivity index (χ2v) is 4.39. The highest BCUT2D eigenvalue weighted by atomic mass is 16.5. The van der Waals surface area contributed by atoms with Crippen molar-refractivity contribution in [3.63, 3.8) is 0 Å².